The maximum Gasteiger partial charge on any atom is 0.219 e. The molecular formula is C13H21N3O2. The van der Waals surface area contributed by atoms with Gasteiger partial charge in [0.05, 0.1) is 6.10 Å². The van der Waals surface area contributed by atoms with Crippen molar-refractivity contribution in [3.63, 3.8) is 0 Å². The molecule has 2 heterocycles. The largest absolute Gasteiger partial charge is 0.425 e. The molecule has 2 aliphatic rings. The molecule has 0 unspecified atom stereocenters. The van der Waals surface area contributed by atoms with E-state index >= 15 is 0 Å². The SMILES string of the molecule is Cc1nnc(C2CCN([C@@H]3CCC[C@H]3O)CC2)o1. The zero-order valence-corrected chi connectivity index (χ0v) is 10.9. The van der Waals surface area contributed by atoms with E-state index in [9.17, 15) is 5.11 Å². The summed E-state index contributed by atoms with van der Waals surface area (Å²) >= 11 is 0. The van der Waals surface area contributed by atoms with Gasteiger partial charge in [0, 0.05) is 18.9 Å². The third-order valence-corrected chi connectivity index (χ3v) is 4.33. The van der Waals surface area contributed by atoms with E-state index in [2.05, 4.69) is 15.1 Å². The molecule has 0 aromatic carbocycles. The number of hydrogen-bond acceptors (Lipinski definition) is 5. The van der Waals surface area contributed by atoms with Crippen molar-refractivity contribution in [2.75, 3.05) is 13.1 Å². The highest BCUT2D eigenvalue weighted by atomic mass is 16.4. The second-order valence-corrected chi connectivity index (χ2v) is 5.54. The molecule has 0 bridgehead atoms. The van der Waals surface area contributed by atoms with Crippen LogP contribution in [0.2, 0.25) is 0 Å². The average Bonchev–Trinajstić information content (AvgIpc) is 2.98. The van der Waals surface area contributed by atoms with Crippen LogP contribution in [-0.2, 0) is 0 Å². The Balaban J connectivity index is 1.58. The van der Waals surface area contributed by atoms with Gasteiger partial charge in [-0.1, -0.05) is 0 Å². The standard InChI is InChI=1S/C13H21N3O2/c1-9-14-15-13(18-9)10-5-7-16(8-6-10)11-3-2-4-12(11)17/h10-12,17H,2-8H2,1H3/t11-,12-/m1/s1. The maximum atomic E-state index is 9.94. The lowest BCUT2D eigenvalue weighted by Gasteiger charge is -2.36. The monoisotopic (exact) mass is 251 g/mol. The van der Waals surface area contributed by atoms with E-state index in [1.807, 2.05) is 6.92 Å². The van der Waals surface area contributed by atoms with E-state index in [4.69, 9.17) is 4.42 Å². The summed E-state index contributed by atoms with van der Waals surface area (Å²) in [5.41, 5.74) is 0. The third kappa shape index (κ3) is 2.29. The third-order valence-electron chi connectivity index (χ3n) is 4.33. The lowest BCUT2D eigenvalue weighted by molar-refractivity contribution is 0.0532. The van der Waals surface area contributed by atoms with Gasteiger partial charge in [0.1, 0.15) is 0 Å². The van der Waals surface area contributed by atoms with Gasteiger partial charge in [-0.25, -0.2) is 0 Å². The molecule has 1 saturated heterocycles. The van der Waals surface area contributed by atoms with Crippen LogP contribution in [0, 0.1) is 6.92 Å². The van der Waals surface area contributed by atoms with Crippen molar-refractivity contribution >= 4 is 0 Å². The fourth-order valence-corrected chi connectivity index (χ4v) is 3.30. The maximum absolute atomic E-state index is 9.94. The summed E-state index contributed by atoms with van der Waals surface area (Å²) in [4.78, 5) is 2.44. The van der Waals surface area contributed by atoms with E-state index in [-0.39, 0.29) is 6.10 Å². The summed E-state index contributed by atoms with van der Waals surface area (Å²) in [7, 11) is 0. The highest BCUT2D eigenvalue weighted by molar-refractivity contribution is 4.96. The Morgan fingerprint density at radius 3 is 2.50 bits per heavy atom. The summed E-state index contributed by atoms with van der Waals surface area (Å²) in [5.74, 6) is 1.85. The molecule has 2 atom stereocenters. The second kappa shape index (κ2) is 4.97. The topological polar surface area (TPSA) is 62.4 Å². The fourth-order valence-electron chi connectivity index (χ4n) is 3.30. The molecule has 0 radical (unpaired) electrons. The Hall–Kier alpha value is -0.940. The van der Waals surface area contributed by atoms with Gasteiger partial charge in [-0.2, -0.15) is 0 Å². The number of piperidine rings is 1. The van der Waals surface area contributed by atoms with E-state index in [0.717, 1.165) is 51.1 Å². The van der Waals surface area contributed by atoms with Crippen molar-refractivity contribution in [1.29, 1.82) is 0 Å². The Bertz CT molecular complexity index is 399. The molecule has 1 aromatic rings. The van der Waals surface area contributed by atoms with Gasteiger partial charge in [-0.05, 0) is 45.2 Å². The normalized spacial score (nSPS) is 31.0. The van der Waals surface area contributed by atoms with Gasteiger partial charge in [-0.3, -0.25) is 4.90 Å². The second-order valence-electron chi connectivity index (χ2n) is 5.54. The summed E-state index contributed by atoms with van der Waals surface area (Å²) < 4.78 is 5.51. The molecule has 2 fully saturated rings. The Morgan fingerprint density at radius 1 is 1.17 bits per heavy atom. The lowest BCUT2D eigenvalue weighted by Crippen LogP contribution is -2.44. The molecule has 1 aliphatic heterocycles. The quantitative estimate of drug-likeness (QED) is 0.862. The zero-order chi connectivity index (χ0) is 12.5. The van der Waals surface area contributed by atoms with Crippen LogP contribution in [0.1, 0.15) is 49.8 Å². The fraction of sp³-hybridized carbons (Fsp3) is 0.846. The van der Waals surface area contributed by atoms with Crippen LogP contribution in [0.15, 0.2) is 4.42 Å². The number of aryl methyl sites for hydroxylation is 1. The van der Waals surface area contributed by atoms with Gasteiger partial charge in [0.25, 0.3) is 0 Å². The van der Waals surface area contributed by atoms with Crippen molar-refractivity contribution in [2.45, 2.75) is 57.1 Å². The molecule has 100 valence electrons. The van der Waals surface area contributed by atoms with Crippen LogP contribution in [0.5, 0.6) is 0 Å². The molecule has 1 saturated carbocycles. The molecular weight excluding hydrogens is 230 g/mol. The number of aliphatic hydroxyl groups excluding tert-OH is 1. The first-order valence-electron chi connectivity index (χ1n) is 6.96. The number of aromatic nitrogens is 2. The van der Waals surface area contributed by atoms with Crippen molar-refractivity contribution in [3.8, 4) is 0 Å². The minimum Gasteiger partial charge on any atom is -0.425 e. The van der Waals surface area contributed by atoms with Crippen LogP contribution in [0.25, 0.3) is 0 Å². The Labute approximate surface area is 107 Å². The van der Waals surface area contributed by atoms with Crippen molar-refractivity contribution in [2.24, 2.45) is 0 Å². The van der Waals surface area contributed by atoms with Crippen LogP contribution in [0.3, 0.4) is 0 Å². The van der Waals surface area contributed by atoms with Gasteiger partial charge in [0.15, 0.2) is 0 Å². The molecule has 1 N–H and O–H groups in total. The molecule has 18 heavy (non-hydrogen) atoms. The Morgan fingerprint density at radius 2 is 1.94 bits per heavy atom. The predicted molar refractivity (Wildman–Crippen MR) is 66.2 cm³/mol. The first-order chi connectivity index (χ1) is 8.74. The summed E-state index contributed by atoms with van der Waals surface area (Å²) in [6.45, 7) is 3.90. The lowest BCUT2D eigenvalue weighted by atomic mass is 9.95. The molecule has 5 heteroatoms. The molecule has 0 amide bonds. The number of hydrogen-bond donors (Lipinski definition) is 1. The highest BCUT2D eigenvalue weighted by Crippen LogP contribution is 2.32. The van der Waals surface area contributed by atoms with Gasteiger partial charge in [-0.15, -0.1) is 10.2 Å². The first-order valence-corrected chi connectivity index (χ1v) is 6.96. The van der Waals surface area contributed by atoms with E-state index < -0.39 is 0 Å². The van der Waals surface area contributed by atoms with Crippen LogP contribution < -0.4 is 0 Å². The minimum absolute atomic E-state index is 0.118. The zero-order valence-electron chi connectivity index (χ0n) is 10.9. The summed E-state index contributed by atoms with van der Waals surface area (Å²) in [6, 6.07) is 0.385. The van der Waals surface area contributed by atoms with E-state index in [1.165, 1.54) is 0 Å². The Kier molecular flexibility index (Phi) is 3.35. The summed E-state index contributed by atoms with van der Waals surface area (Å²) in [5, 5.41) is 18.0. The first kappa shape index (κ1) is 12.1. The average molecular weight is 251 g/mol. The number of rotatable bonds is 2. The van der Waals surface area contributed by atoms with Crippen molar-refractivity contribution in [1.82, 2.24) is 15.1 Å². The number of nitrogens with zero attached hydrogens (tertiary/aromatic N) is 3. The van der Waals surface area contributed by atoms with Crippen LogP contribution in [0.4, 0.5) is 0 Å². The van der Waals surface area contributed by atoms with Gasteiger partial charge >= 0.3 is 0 Å². The van der Waals surface area contributed by atoms with Gasteiger partial charge in [0.2, 0.25) is 11.8 Å². The number of aliphatic hydroxyl groups is 1. The summed E-state index contributed by atoms with van der Waals surface area (Å²) in [6.07, 6.45) is 5.27. The molecule has 0 spiro atoms. The number of likely N-dealkylation sites (tertiary alicyclic amines) is 1. The van der Waals surface area contributed by atoms with E-state index in [0.29, 0.717) is 17.9 Å². The molecule has 1 aromatic heterocycles. The highest BCUT2D eigenvalue weighted by Gasteiger charge is 2.34. The minimum atomic E-state index is -0.118. The molecule has 5 nitrogen and oxygen atoms in total. The van der Waals surface area contributed by atoms with Crippen molar-refractivity contribution in [3.05, 3.63) is 11.8 Å². The molecule has 3 rings (SSSR count). The van der Waals surface area contributed by atoms with Crippen LogP contribution in [-0.4, -0.2) is 45.4 Å². The van der Waals surface area contributed by atoms with Gasteiger partial charge < -0.3 is 9.52 Å². The van der Waals surface area contributed by atoms with Crippen LogP contribution >= 0.6 is 0 Å². The van der Waals surface area contributed by atoms with Crippen molar-refractivity contribution < 1.29 is 9.52 Å². The molecule has 1 aliphatic carbocycles. The predicted octanol–water partition coefficient (Wildman–Crippen LogP) is 1.47. The smallest absolute Gasteiger partial charge is 0.219 e. The van der Waals surface area contributed by atoms with E-state index in [1.54, 1.807) is 0 Å².